The van der Waals surface area contributed by atoms with Crippen LogP contribution < -0.4 is 16.2 Å². The highest BCUT2D eigenvalue weighted by Crippen LogP contribution is 2.18. The molecule has 2 rings (SSSR count). The highest BCUT2D eigenvalue weighted by molar-refractivity contribution is 5.95. The molecule has 0 aromatic heterocycles. The van der Waals surface area contributed by atoms with Gasteiger partial charge < -0.3 is 16.2 Å². The summed E-state index contributed by atoms with van der Waals surface area (Å²) in [5, 5.41) is 10.3. The molecule has 4 N–H and O–H groups in total. The van der Waals surface area contributed by atoms with Gasteiger partial charge in [0.05, 0.1) is 18.6 Å². The van der Waals surface area contributed by atoms with Gasteiger partial charge in [-0.1, -0.05) is 12.2 Å². The van der Waals surface area contributed by atoms with Crippen LogP contribution >= 0.6 is 0 Å². The van der Waals surface area contributed by atoms with Crippen LogP contribution in [0.2, 0.25) is 0 Å². The lowest BCUT2D eigenvalue weighted by molar-refractivity contribution is -0.415. The zero-order chi connectivity index (χ0) is 15.8. The Hall–Kier alpha value is -2.90. The van der Waals surface area contributed by atoms with Crippen molar-refractivity contribution in [1.29, 1.82) is 0 Å². The maximum atomic E-state index is 12.6. The molecule has 0 amide bonds. The quantitative estimate of drug-likeness (QED) is 0.487. The number of ether oxygens (including phenoxy) is 1. The van der Waals surface area contributed by atoms with Crippen LogP contribution in [-0.2, 0) is 0 Å². The molecule has 0 bridgehead atoms. The van der Waals surface area contributed by atoms with E-state index in [1.165, 1.54) is 25.3 Å². The summed E-state index contributed by atoms with van der Waals surface area (Å²) in [6.45, 7) is 0.402. The molecule has 0 radical (unpaired) electrons. The van der Waals surface area contributed by atoms with Crippen molar-refractivity contribution < 1.29 is 14.1 Å². The molecule has 1 aromatic carbocycles. The molecule has 1 heterocycles. The van der Waals surface area contributed by atoms with Crippen molar-refractivity contribution >= 4 is 11.5 Å². The van der Waals surface area contributed by atoms with Gasteiger partial charge in [-0.3, -0.25) is 15.1 Å². The van der Waals surface area contributed by atoms with Crippen LogP contribution in [0.15, 0.2) is 47.1 Å². The first-order valence-electron chi connectivity index (χ1n) is 5.86. The standard InChI is InChI=1S/C7H8FNO.C6H7N3O2/c1-10-7-3-2-5(9)4-6(7)8;7-6-5(9(10)11)3-1-2-4-8-6/h2-4H,9H2,1H3;1-3H,4H2,(H2,7,8). The Labute approximate surface area is 120 Å². The number of hydrogen-bond donors (Lipinski definition) is 2. The van der Waals surface area contributed by atoms with Gasteiger partial charge in [-0.15, -0.1) is 0 Å². The summed E-state index contributed by atoms with van der Waals surface area (Å²) in [6.07, 6.45) is 4.61. The maximum absolute atomic E-state index is 12.6. The van der Waals surface area contributed by atoms with Crippen molar-refractivity contribution in [1.82, 2.24) is 0 Å². The number of nitrogens with two attached hydrogens (primary N) is 2. The van der Waals surface area contributed by atoms with Gasteiger partial charge in [0.25, 0.3) is 0 Å². The molecule has 1 aromatic rings. The molecule has 0 fully saturated rings. The van der Waals surface area contributed by atoms with Crippen molar-refractivity contribution in [2.24, 2.45) is 10.7 Å². The van der Waals surface area contributed by atoms with E-state index in [4.69, 9.17) is 11.5 Å². The molecule has 21 heavy (non-hydrogen) atoms. The van der Waals surface area contributed by atoms with Crippen LogP contribution in [0.5, 0.6) is 5.75 Å². The van der Waals surface area contributed by atoms with E-state index in [1.807, 2.05) is 0 Å². The highest BCUT2D eigenvalue weighted by Gasteiger charge is 2.14. The lowest BCUT2D eigenvalue weighted by Crippen LogP contribution is -2.20. The fourth-order valence-electron chi connectivity index (χ4n) is 1.37. The normalized spacial score (nSPS) is 13.2. The first kappa shape index (κ1) is 16.2. The van der Waals surface area contributed by atoms with E-state index in [0.29, 0.717) is 12.2 Å². The summed E-state index contributed by atoms with van der Waals surface area (Å²) in [7, 11) is 1.41. The van der Waals surface area contributed by atoms with Crippen molar-refractivity contribution in [3.05, 3.63) is 58.1 Å². The number of methoxy groups -OCH3 is 1. The number of allylic oxidation sites excluding steroid dienone is 2. The topological polar surface area (TPSA) is 117 Å². The number of amidine groups is 1. The van der Waals surface area contributed by atoms with Crippen LogP contribution in [0.3, 0.4) is 0 Å². The molecule has 0 unspecified atom stereocenters. The summed E-state index contributed by atoms with van der Waals surface area (Å²) in [4.78, 5) is 13.4. The molecule has 1 aliphatic rings. The molecule has 0 spiro atoms. The van der Waals surface area contributed by atoms with Crippen molar-refractivity contribution in [2.45, 2.75) is 0 Å². The molecule has 0 aliphatic carbocycles. The summed E-state index contributed by atoms with van der Waals surface area (Å²) in [5.41, 5.74) is 10.8. The van der Waals surface area contributed by atoms with Crippen LogP contribution in [0.25, 0.3) is 0 Å². The van der Waals surface area contributed by atoms with Gasteiger partial charge in [0.2, 0.25) is 0 Å². The monoisotopic (exact) mass is 294 g/mol. The Morgan fingerprint density at radius 1 is 1.43 bits per heavy atom. The van der Waals surface area contributed by atoms with Gasteiger partial charge in [-0.25, -0.2) is 4.39 Å². The predicted molar refractivity (Wildman–Crippen MR) is 78.1 cm³/mol. The Morgan fingerprint density at radius 3 is 2.71 bits per heavy atom. The number of aliphatic imine (C=N–C) groups is 1. The van der Waals surface area contributed by atoms with Gasteiger partial charge >= 0.3 is 5.70 Å². The number of rotatable bonds is 2. The number of nitro groups is 1. The molecule has 0 atom stereocenters. The minimum atomic E-state index is -0.547. The summed E-state index contributed by atoms with van der Waals surface area (Å²) >= 11 is 0. The third-order valence-corrected chi connectivity index (χ3v) is 2.39. The molecular weight excluding hydrogens is 279 g/mol. The number of hydrogen-bond acceptors (Lipinski definition) is 6. The van der Waals surface area contributed by atoms with E-state index in [-0.39, 0.29) is 17.3 Å². The first-order chi connectivity index (χ1) is 9.95. The Morgan fingerprint density at radius 2 is 2.14 bits per heavy atom. The van der Waals surface area contributed by atoms with E-state index >= 15 is 0 Å². The Kier molecular flexibility index (Phi) is 5.87. The van der Waals surface area contributed by atoms with Crippen LogP contribution in [0.4, 0.5) is 10.1 Å². The minimum Gasteiger partial charge on any atom is -0.494 e. The van der Waals surface area contributed by atoms with Gasteiger partial charge in [0.1, 0.15) is 0 Å². The summed E-state index contributed by atoms with van der Waals surface area (Å²) in [6, 6.07) is 4.30. The van der Waals surface area contributed by atoms with E-state index in [1.54, 1.807) is 18.2 Å². The van der Waals surface area contributed by atoms with Crippen LogP contribution in [-0.4, -0.2) is 24.4 Å². The second-order valence-electron chi connectivity index (χ2n) is 3.86. The predicted octanol–water partition coefficient (Wildman–Crippen LogP) is 1.49. The SMILES string of the molecule is COc1ccc(N)cc1F.NC1=NCC=CC=C1[N+](=O)[O-]. The molecule has 0 saturated heterocycles. The van der Waals surface area contributed by atoms with Gasteiger partial charge in [-0.05, 0) is 12.1 Å². The van der Waals surface area contributed by atoms with E-state index < -0.39 is 10.7 Å². The number of halogens is 1. The average molecular weight is 294 g/mol. The molecule has 0 saturated carbocycles. The van der Waals surface area contributed by atoms with Crippen molar-refractivity contribution in [2.75, 3.05) is 19.4 Å². The van der Waals surface area contributed by atoms with Crippen molar-refractivity contribution in [3.8, 4) is 5.75 Å². The van der Waals surface area contributed by atoms with Gasteiger partial charge in [0.15, 0.2) is 17.4 Å². The van der Waals surface area contributed by atoms with Gasteiger partial charge in [-0.2, -0.15) is 0 Å². The smallest absolute Gasteiger partial charge is 0.310 e. The van der Waals surface area contributed by atoms with Gasteiger partial charge in [0, 0.05) is 17.8 Å². The Bertz CT molecular complexity index is 611. The third kappa shape index (κ3) is 4.94. The zero-order valence-electron chi connectivity index (χ0n) is 11.3. The van der Waals surface area contributed by atoms with Crippen LogP contribution in [0.1, 0.15) is 0 Å². The fraction of sp³-hybridized carbons (Fsp3) is 0.154. The fourth-order valence-corrected chi connectivity index (χ4v) is 1.37. The minimum absolute atomic E-state index is 0.0139. The number of nitrogen functional groups attached to an aromatic ring is 1. The maximum Gasteiger partial charge on any atom is 0.310 e. The number of nitrogens with zero attached hydrogens (tertiary/aromatic N) is 2. The highest BCUT2D eigenvalue weighted by atomic mass is 19.1. The summed E-state index contributed by atoms with van der Waals surface area (Å²) < 4.78 is 17.3. The molecule has 1 aliphatic heterocycles. The molecule has 112 valence electrons. The number of benzene rings is 1. The third-order valence-electron chi connectivity index (χ3n) is 2.39. The second-order valence-corrected chi connectivity index (χ2v) is 3.86. The average Bonchev–Trinajstić information content (AvgIpc) is 2.64. The second kappa shape index (κ2) is 7.63. The molecule has 8 heteroatoms. The van der Waals surface area contributed by atoms with E-state index in [2.05, 4.69) is 9.73 Å². The number of anilines is 1. The first-order valence-corrected chi connectivity index (χ1v) is 5.86. The zero-order valence-corrected chi connectivity index (χ0v) is 11.3. The summed E-state index contributed by atoms with van der Waals surface area (Å²) in [5.74, 6) is -0.225. The van der Waals surface area contributed by atoms with Crippen molar-refractivity contribution in [3.63, 3.8) is 0 Å². The lowest BCUT2D eigenvalue weighted by atomic mass is 10.3. The Balaban J connectivity index is 0.000000211. The molecule has 7 nitrogen and oxygen atoms in total. The van der Waals surface area contributed by atoms with E-state index in [9.17, 15) is 14.5 Å². The van der Waals surface area contributed by atoms with Crippen LogP contribution in [0, 0.1) is 15.9 Å². The largest absolute Gasteiger partial charge is 0.494 e. The molecular formula is C13H15FN4O3. The lowest BCUT2D eigenvalue weighted by Gasteiger charge is -2.00. The van der Waals surface area contributed by atoms with E-state index in [0.717, 1.165) is 0 Å².